The summed E-state index contributed by atoms with van der Waals surface area (Å²) in [5.74, 6) is -0.339. The lowest BCUT2D eigenvalue weighted by Crippen LogP contribution is -2.12. The van der Waals surface area contributed by atoms with Crippen LogP contribution < -0.4 is 5.73 Å². The molecule has 0 unspecified atom stereocenters. The van der Waals surface area contributed by atoms with Crippen molar-refractivity contribution in [2.75, 3.05) is 12.3 Å². The maximum Gasteiger partial charge on any atom is 0.355 e. The van der Waals surface area contributed by atoms with Crippen LogP contribution >= 0.6 is 0 Å². The van der Waals surface area contributed by atoms with E-state index in [1.807, 2.05) is 41.8 Å². The Balaban J connectivity index is 2.54. The number of nitrogen functional groups attached to an aromatic ring is 1. The molecule has 2 N–H and O–H groups in total. The average Bonchev–Trinajstić information content (AvgIpc) is 2.72. The van der Waals surface area contributed by atoms with Gasteiger partial charge in [-0.1, -0.05) is 12.1 Å². The van der Waals surface area contributed by atoms with Crippen LogP contribution in [0.5, 0.6) is 0 Å². The van der Waals surface area contributed by atoms with Crippen LogP contribution in [0.25, 0.3) is 5.69 Å². The molecule has 0 fully saturated rings. The molecule has 2 rings (SSSR count). The van der Waals surface area contributed by atoms with Crippen LogP contribution in [0.1, 0.15) is 23.1 Å². The number of aryl methyl sites for hydroxylation is 1. The number of anilines is 1. The van der Waals surface area contributed by atoms with Crippen molar-refractivity contribution in [1.29, 1.82) is 0 Å². The molecule has 18 heavy (non-hydrogen) atoms. The third-order valence-corrected chi connectivity index (χ3v) is 2.74. The molecule has 0 aliphatic heterocycles. The molecule has 94 valence electrons. The van der Waals surface area contributed by atoms with E-state index in [4.69, 9.17) is 10.5 Å². The quantitative estimate of drug-likeness (QED) is 0.666. The van der Waals surface area contributed by atoms with Crippen molar-refractivity contribution < 1.29 is 9.53 Å². The summed E-state index contributed by atoms with van der Waals surface area (Å²) < 4.78 is 6.86. The van der Waals surface area contributed by atoms with Gasteiger partial charge < -0.3 is 15.0 Å². The van der Waals surface area contributed by atoms with E-state index in [-0.39, 0.29) is 5.97 Å². The number of nitrogens with two attached hydrogens (primary N) is 1. The van der Waals surface area contributed by atoms with E-state index < -0.39 is 0 Å². The molecule has 0 bridgehead atoms. The van der Waals surface area contributed by atoms with Crippen LogP contribution in [0, 0.1) is 6.92 Å². The summed E-state index contributed by atoms with van der Waals surface area (Å²) in [6, 6.07) is 11.1. The van der Waals surface area contributed by atoms with Gasteiger partial charge in [0.05, 0.1) is 18.0 Å². The van der Waals surface area contributed by atoms with Crippen molar-refractivity contribution in [2.45, 2.75) is 13.8 Å². The second-order valence-corrected chi connectivity index (χ2v) is 3.97. The minimum Gasteiger partial charge on any atom is -0.461 e. The predicted molar refractivity (Wildman–Crippen MR) is 70.9 cm³/mol. The Kier molecular flexibility index (Phi) is 3.37. The van der Waals surface area contributed by atoms with Crippen molar-refractivity contribution in [3.05, 3.63) is 47.8 Å². The van der Waals surface area contributed by atoms with E-state index in [2.05, 4.69) is 0 Å². The highest BCUT2D eigenvalue weighted by Crippen LogP contribution is 2.22. The van der Waals surface area contributed by atoms with E-state index in [9.17, 15) is 4.79 Å². The number of aromatic nitrogens is 1. The van der Waals surface area contributed by atoms with Crippen LogP contribution in [-0.4, -0.2) is 17.1 Å². The molecule has 4 nitrogen and oxygen atoms in total. The molecule has 1 aromatic carbocycles. The second kappa shape index (κ2) is 4.96. The molecular formula is C14H16N2O2. The molecule has 0 aliphatic rings. The highest BCUT2D eigenvalue weighted by atomic mass is 16.5. The van der Waals surface area contributed by atoms with Crippen LogP contribution in [0.4, 0.5) is 5.69 Å². The Morgan fingerprint density at radius 2 is 2.00 bits per heavy atom. The van der Waals surface area contributed by atoms with Gasteiger partial charge in [-0.05, 0) is 38.1 Å². The molecule has 0 radical (unpaired) electrons. The van der Waals surface area contributed by atoms with Gasteiger partial charge in [0.1, 0.15) is 5.69 Å². The summed E-state index contributed by atoms with van der Waals surface area (Å²) >= 11 is 0. The van der Waals surface area contributed by atoms with Gasteiger partial charge in [0.15, 0.2) is 0 Å². The number of nitrogens with zero attached hydrogens (tertiary/aromatic N) is 1. The lowest BCUT2D eigenvalue weighted by atomic mass is 10.2. The van der Waals surface area contributed by atoms with Gasteiger partial charge in [0.2, 0.25) is 0 Å². The topological polar surface area (TPSA) is 57.2 Å². The zero-order chi connectivity index (χ0) is 13.1. The number of carbonyl (C=O) groups excluding carboxylic acids is 1. The van der Waals surface area contributed by atoms with Crippen LogP contribution in [0.2, 0.25) is 0 Å². The fraction of sp³-hybridized carbons (Fsp3) is 0.214. The molecule has 4 heteroatoms. The molecule has 1 heterocycles. The second-order valence-electron chi connectivity index (χ2n) is 3.97. The minimum atomic E-state index is -0.339. The van der Waals surface area contributed by atoms with Crippen LogP contribution in [0.15, 0.2) is 36.4 Å². The largest absolute Gasteiger partial charge is 0.461 e. The normalized spacial score (nSPS) is 10.3. The molecule has 0 amide bonds. The van der Waals surface area contributed by atoms with Gasteiger partial charge in [0.25, 0.3) is 0 Å². The Bertz CT molecular complexity index is 573. The Morgan fingerprint density at radius 3 is 2.67 bits per heavy atom. The van der Waals surface area contributed by atoms with Gasteiger partial charge in [-0.15, -0.1) is 0 Å². The molecular weight excluding hydrogens is 228 g/mol. The van der Waals surface area contributed by atoms with Gasteiger partial charge in [0, 0.05) is 5.69 Å². The molecule has 0 saturated carbocycles. The molecule has 0 spiro atoms. The molecule has 0 atom stereocenters. The number of esters is 1. The zero-order valence-electron chi connectivity index (χ0n) is 10.5. The van der Waals surface area contributed by atoms with Crippen LogP contribution in [0.3, 0.4) is 0 Å². The first kappa shape index (κ1) is 12.2. The summed E-state index contributed by atoms with van der Waals surface area (Å²) in [5.41, 5.74) is 8.81. The molecule has 0 aliphatic carbocycles. The maximum absolute atomic E-state index is 11.9. The Hall–Kier alpha value is -2.23. The number of hydrogen-bond acceptors (Lipinski definition) is 3. The fourth-order valence-corrected chi connectivity index (χ4v) is 1.91. The first-order chi connectivity index (χ1) is 8.65. The van der Waals surface area contributed by atoms with E-state index >= 15 is 0 Å². The number of rotatable bonds is 3. The van der Waals surface area contributed by atoms with E-state index in [1.165, 1.54) is 0 Å². The summed E-state index contributed by atoms with van der Waals surface area (Å²) in [5, 5.41) is 0. The summed E-state index contributed by atoms with van der Waals surface area (Å²) in [7, 11) is 0. The number of hydrogen-bond donors (Lipinski definition) is 1. The Morgan fingerprint density at radius 1 is 1.28 bits per heavy atom. The van der Waals surface area contributed by atoms with E-state index in [0.29, 0.717) is 18.0 Å². The summed E-state index contributed by atoms with van der Waals surface area (Å²) in [6.07, 6.45) is 0. The van der Waals surface area contributed by atoms with Crippen molar-refractivity contribution in [2.24, 2.45) is 0 Å². The van der Waals surface area contributed by atoms with Gasteiger partial charge in [-0.2, -0.15) is 0 Å². The van der Waals surface area contributed by atoms with Crippen molar-refractivity contribution in [3.63, 3.8) is 0 Å². The lowest BCUT2D eigenvalue weighted by Gasteiger charge is -2.13. The van der Waals surface area contributed by atoms with E-state index in [0.717, 1.165) is 11.4 Å². The summed E-state index contributed by atoms with van der Waals surface area (Å²) in [4.78, 5) is 11.9. The smallest absolute Gasteiger partial charge is 0.355 e. The molecule has 0 saturated heterocycles. The first-order valence-corrected chi connectivity index (χ1v) is 5.85. The lowest BCUT2D eigenvalue weighted by molar-refractivity contribution is 0.0517. The standard InChI is InChI=1S/C14H16N2O2/c1-3-18-14(17)13-9-8-10(2)16(13)12-7-5-4-6-11(12)15/h4-9H,3,15H2,1-2H3. The molecule has 1 aromatic heterocycles. The third kappa shape index (κ3) is 2.09. The number of para-hydroxylation sites is 2. The monoisotopic (exact) mass is 244 g/mol. The first-order valence-electron chi connectivity index (χ1n) is 5.85. The third-order valence-electron chi connectivity index (χ3n) is 2.74. The number of ether oxygens (including phenoxy) is 1. The van der Waals surface area contributed by atoms with E-state index in [1.54, 1.807) is 13.0 Å². The minimum absolute atomic E-state index is 0.339. The number of carbonyl (C=O) groups is 1. The summed E-state index contributed by atoms with van der Waals surface area (Å²) in [6.45, 7) is 4.07. The van der Waals surface area contributed by atoms with Crippen LogP contribution in [-0.2, 0) is 4.74 Å². The maximum atomic E-state index is 11.9. The molecule has 2 aromatic rings. The number of benzene rings is 1. The SMILES string of the molecule is CCOC(=O)c1ccc(C)n1-c1ccccc1N. The average molecular weight is 244 g/mol. The van der Waals surface area contributed by atoms with Crippen molar-refractivity contribution >= 4 is 11.7 Å². The highest BCUT2D eigenvalue weighted by Gasteiger charge is 2.16. The van der Waals surface area contributed by atoms with Crippen molar-refractivity contribution in [1.82, 2.24) is 4.57 Å². The zero-order valence-corrected chi connectivity index (χ0v) is 10.5. The van der Waals surface area contributed by atoms with Crippen molar-refractivity contribution in [3.8, 4) is 5.69 Å². The van der Waals surface area contributed by atoms with Gasteiger partial charge >= 0.3 is 5.97 Å². The van der Waals surface area contributed by atoms with Gasteiger partial charge in [-0.3, -0.25) is 0 Å². The Labute approximate surface area is 106 Å². The predicted octanol–water partition coefficient (Wildman–Crippen LogP) is 2.54. The fourth-order valence-electron chi connectivity index (χ4n) is 1.91. The highest BCUT2D eigenvalue weighted by molar-refractivity contribution is 5.89. The van der Waals surface area contributed by atoms with Gasteiger partial charge in [-0.25, -0.2) is 4.79 Å².